The molecule has 0 N–H and O–H groups in total. The van der Waals surface area contributed by atoms with Gasteiger partial charge >= 0.3 is 0 Å². The van der Waals surface area contributed by atoms with Gasteiger partial charge in [-0.25, -0.2) is 19.9 Å². The Bertz CT molecular complexity index is 2910. The first kappa shape index (κ1) is 29.0. The van der Waals surface area contributed by atoms with Crippen molar-refractivity contribution in [3.8, 4) is 51.1 Å². The second-order valence-corrected chi connectivity index (χ2v) is 12.8. The van der Waals surface area contributed by atoms with E-state index in [1.165, 1.54) is 32.5 Å². The summed E-state index contributed by atoms with van der Waals surface area (Å²) in [5, 5.41) is 7.12. The van der Waals surface area contributed by atoms with Gasteiger partial charge in [-0.1, -0.05) is 140 Å². The van der Waals surface area contributed by atoms with Gasteiger partial charge in [0.05, 0.1) is 11.0 Å². The number of fused-ring (bicyclic) bond motifs is 6. The van der Waals surface area contributed by atoms with E-state index in [-0.39, 0.29) is 0 Å². The molecule has 5 nitrogen and oxygen atoms in total. The quantitative estimate of drug-likeness (QED) is 0.186. The van der Waals surface area contributed by atoms with Gasteiger partial charge in [-0.3, -0.25) is 4.57 Å². The minimum atomic E-state index is 0.590. The van der Waals surface area contributed by atoms with Crippen molar-refractivity contribution in [3.05, 3.63) is 176 Å². The average molecular weight is 652 g/mol. The number of benzene rings is 7. The highest BCUT2D eigenvalue weighted by molar-refractivity contribution is 6.21. The standard InChI is InChI=1S/C46H29N5/c1-3-11-30(12-4-1)35-21-23-39-41(28-35)51(40-24-22-32-14-9-10-18-38(32)43(39)40)42-29-37(25-26-47-42)46-49-44(33-15-5-2-6-16-33)48-45(50-46)36-20-19-31-13-7-8-17-34(31)27-36/h1-29H. The van der Waals surface area contributed by atoms with E-state index in [9.17, 15) is 0 Å². The second-order valence-electron chi connectivity index (χ2n) is 12.8. The fourth-order valence-corrected chi connectivity index (χ4v) is 7.20. The van der Waals surface area contributed by atoms with Crippen LogP contribution in [-0.2, 0) is 0 Å². The van der Waals surface area contributed by atoms with E-state index >= 15 is 0 Å². The fourth-order valence-electron chi connectivity index (χ4n) is 7.20. The Balaban J connectivity index is 1.20. The molecule has 5 heteroatoms. The summed E-state index contributed by atoms with van der Waals surface area (Å²) in [6, 6.07) is 59.1. The van der Waals surface area contributed by atoms with Crippen molar-refractivity contribution < 1.29 is 0 Å². The van der Waals surface area contributed by atoms with E-state index in [1.807, 2.05) is 42.6 Å². The maximum atomic E-state index is 5.09. The van der Waals surface area contributed by atoms with E-state index in [0.717, 1.165) is 44.5 Å². The molecule has 51 heavy (non-hydrogen) atoms. The van der Waals surface area contributed by atoms with Crippen molar-refractivity contribution >= 4 is 43.4 Å². The smallest absolute Gasteiger partial charge is 0.164 e. The number of nitrogens with zero attached hydrogens (tertiary/aromatic N) is 5. The number of aromatic nitrogens is 5. The van der Waals surface area contributed by atoms with Crippen LogP contribution in [0.25, 0.3) is 94.5 Å². The lowest BCUT2D eigenvalue weighted by atomic mass is 10.0. The molecule has 10 aromatic rings. The predicted octanol–water partition coefficient (Wildman–Crippen LogP) is 11.3. The van der Waals surface area contributed by atoms with Gasteiger partial charge in [-0.2, -0.15) is 0 Å². The zero-order chi connectivity index (χ0) is 33.7. The van der Waals surface area contributed by atoms with Crippen molar-refractivity contribution in [1.29, 1.82) is 0 Å². The highest BCUT2D eigenvalue weighted by Crippen LogP contribution is 2.39. The van der Waals surface area contributed by atoms with Crippen LogP contribution in [0.3, 0.4) is 0 Å². The monoisotopic (exact) mass is 651 g/mol. The number of hydrogen-bond acceptors (Lipinski definition) is 4. The van der Waals surface area contributed by atoms with Crippen molar-refractivity contribution in [2.45, 2.75) is 0 Å². The molecule has 10 rings (SSSR count). The van der Waals surface area contributed by atoms with Crippen LogP contribution in [0.5, 0.6) is 0 Å². The molecule has 0 amide bonds. The molecule has 7 aromatic carbocycles. The SMILES string of the molecule is c1ccc(-c2ccc3c4c5ccccc5ccc4n(-c4cc(-c5nc(-c6ccccc6)nc(-c6ccc7ccccc7c6)n5)ccn4)c3c2)cc1. The van der Waals surface area contributed by atoms with E-state index in [1.54, 1.807) is 0 Å². The first-order chi connectivity index (χ1) is 25.3. The maximum absolute atomic E-state index is 5.09. The van der Waals surface area contributed by atoms with E-state index < -0.39 is 0 Å². The largest absolute Gasteiger partial charge is 0.294 e. The van der Waals surface area contributed by atoms with Crippen molar-refractivity contribution in [2.24, 2.45) is 0 Å². The topological polar surface area (TPSA) is 56.5 Å². The van der Waals surface area contributed by atoms with E-state index in [2.05, 4.69) is 138 Å². The Kier molecular flexibility index (Phi) is 6.74. The molecule has 3 aromatic heterocycles. The third-order valence-electron chi connectivity index (χ3n) is 9.67. The molecule has 0 aliphatic rings. The van der Waals surface area contributed by atoms with Crippen molar-refractivity contribution in [3.63, 3.8) is 0 Å². The minimum absolute atomic E-state index is 0.590. The van der Waals surface area contributed by atoms with Gasteiger partial charge in [0, 0.05) is 33.7 Å². The van der Waals surface area contributed by atoms with Crippen molar-refractivity contribution in [1.82, 2.24) is 24.5 Å². The normalized spacial score (nSPS) is 11.5. The maximum Gasteiger partial charge on any atom is 0.164 e. The molecule has 0 bridgehead atoms. The molecular weight excluding hydrogens is 623 g/mol. The van der Waals surface area contributed by atoms with Crippen LogP contribution in [-0.4, -0.2) is 24.5 Å². The van der Waals surface area contributed by atoms with Crippen LogP contribution >= 0.6 is 0 Å². The highest BCUT2D eigenvalue weighted by atomic mass is 15.1. The van der Waals surface area contributed by atoms with Crippen LogP contribution in [0.2, 0.25) is 0 Å². The number of rotatable bonds is 5. The zero-order valence-electron chi connectivity index (χ0n) is 27.5. The highest BCUT2D eigenvalue weighted by Gasteiger charge is 2.18. The molecule has 3 heterocycles. The van der Waals surface area contributed by atoms with Crippen LogP contribution in [0.15, 0.2) is 176 Å². The zero-order valence-corrected chi connectivity index (χ0v) is 27.5. The number of hydrogen-bond donors (Lipinski definition) is 0. The summed E-state index contributed by atoms with van der Waals surface area (Å²) in [4.78, 5) is 20.1. The Morgan fingerprint density at radius 3 is 1.75 bits per heavy atom. The van der Waals surface area contributed by atoms with E-state index in [4.69, 9.17) is 19.9 Å². The molecule has 0 atom stereocenters. The lowest BCUT2D eigenvalue weighted by molar-refractivity contribution is 1.05. The average Bonchev–Trinajstić information content (AvgIpc) is 3.55. The Hall–Kier alpha value is -6.98. The van der Waals surface area contributed by atoms with E-state index in [0.29, 0.717) is 17.5 Å². The molecule has 0 saturated heterocycles. The summed E-state index contributed by atoms with van der Waals surface area (Å²) in [7, 11) is 0. The summed E-state index contributed by atoms with van der Waals surface area (Å²) in [6.07, 6.45) is 1.85. The van der Waals surface area contributed by atoms with Crippen molar-refractivity contribution in [2.75, 3.05) is 0 Å². The van der Waals surface area contributed by atoms with Gasteiger partial charge in [0.1, 0.15) is 5.82 Å². The van der Waals surface area contributed by atoms with Crippen LogP contribution in [0.1, 0.15) is 0 Å². The molecule has 0 saturated carbocycles. The molecule has 0 unspecified atom stereocenters. The fraction of sp³-hybridized carbons (Fsp3) is 0. The summed E-state index contributed by atoms with van der Waals surface area (Å²) < 4.78 is 2.27. The molecule has 0 aliphatic carbocycles. The lowest BCUT2D eigenvalue weighted by Gasteiger charge is -2.11. The third kappa shape index (κ3) is 5.03. The third-order valence-corrected chi connectivity index (χ3v) is 9.67. The first-order valence-corrected chi connectivity index (χ1v) is 17.1. The van der Waals surface area contributed by atoms with Gasteiger partial charge in [-0.05, 0) is 63.0 Å². The molecular formula is C46H29N5. The van der Waals surface area contributed by atoms with Gasteiger partial charge in [-0.15, -0.1) is 0 Å². The summed E-state index contributed by atoms with van der Waals surface area (Å²) in [5.74, 6) is 2.63. The summed E-state index contributed by atoms with van der Waals surface area (Å²) >= 11 is 0. The van der Waals surface area contributed by atoms with Gasteiger partial charge in [0.25, 0.3) is 0 Å². The predicted molar refractivity (Wildman–Crippen MR) is 209 cm³/mol. The van der Waals surface area contributed by atoms with Gasteiger partial charge in [0.15, 0.2) is 17.5 Å². The molecule has 238 valence electrons. The molecule has 0 fully saturated rings. The van der Waals surface area contributed by atoms with Crippen LogP contribution in [0.4, 0.5) is 0 Å². The summed E-state index contributed by atoms with van der Waals surface area (Å²) in [6.45, 7) is 0. The Morgan fingerprint density at radius 2 is 0.961 bits per heavy atom. The van der Waals surface area contributed by atoms with Gasteiger partial charge < -0.3 is 0 Å². The molecule has 0 spiro atoms. The lowest BCUT2D eigenvalue weighted by Crippen LogP contribution is -2.02. The number of pyridine rings is 1. The van der Waals surface area contributed by atoms with Crippen LogP contribution in [0, 0.1) is 0 Å². The Labute approximate surface area is 294 Å². The molecule has 0 aliphatic heterocycles. The second kappa shape index (κ2) is 11.9. The minimum Gasteiger partial charge on any atom is -0.294 e. The molecule has 0 radical (unpaired) electrons. The first-order valence-electron chi connectivity index (χ1n) is 17.1. The summed E-state index contributed by atoms with van der Waals surface area (Å²) in [5.41, 5.74) is 7.23. The Morgan fingerprint density at radius 1 is 0.353 bits per heavy atom. The van der Waals surface area contributed by atoms with Gasteiger partial charge in [0.2, 0.25) is 0 Å². The van der Waals surface area contributed by atoms with Crippen LogP contribution < -0.4 is 0 Å².